The number of carbonyl (C=O) groups excluding carboxylic acids is 1. The van der Waals surface area contributed by atoms with Crippen LogP contribution in [0.25, 0.3) is 10.9 Å². The molecule has 1 N–H and O–H groups in total. The number of hydrogen-bond acceptors (Lipinski definition) is 4. The lowest BCUT2D eigenvalue weighted by Gasteiger charge is -2.14. The van der Waals surface area contributed by atoms with Crippen LogP contribution in [-0.4, -0.2) is 17.9 Å². The molecule has 0 bridgehead atoms. The first-order chi connectivity index (χ1) is 13.7. The summed E-state index contributed by atoms with van der Waals surface area (Å²) in [4.78, 5) is 17.7. The van der Waals surface area contributed by atoms with Crippen LogP contribution in [0, 0.1) is 6.92 Å². The lowest BCUT2D eigenvalue weighted by Crippen LogP contribution is -2.06. The number of nitrogens with one attached hydrogen (secondary N) is 1. The van der Waals surface area contributed by atoms with E-state index in [0.717, 1.165) is 22.2 Å². The summed E-state index contributed by atoms with van der Waals surface area (Å²) in [6.07, 6.45) is 0. The van der Waals surface area contributed by atoms with Crippen molar-refractivity contribution in [3.8, 4) is 5.75 Å². The van der Waals surface area contributed by atoms with Crippen molar-refractivity contribution in [2.75, 3.05) is 12.4 Å². The van der Waals surface area contributed by atoms with Gasteiger partial charge in [-0.3, -0.25) is 4.79 Å². The van der Waals surface area contributed by atoms with Gasteiger partial charge >= 0.3 is 0 Å². The molecule has 28 heavy (non-hydrogen) atoms. The molecule has 0 radical (unpaired) electrons. The molecule has 3 aromatic carbocycles. The minimum absolute atomic E-state index is 0.0346. The van der Waals surface area contributed by atoms with Crippen molar-refractivity contribution in [1.29, 1.82) is 0 Å². The van der Waals surface area contributed by atoms with E-state index in [2.05, 4.69) is 5.32 Å². The monoisotopic (exact) mass is 368 g/mol. The fourth-order valence-corrected chi connectivity index (χ4v) is 3.27. The van der Waals surface area contributed by atoms with Gasteiger partial charge in [0.1, 0.15) is 11.6 Å². The van der Waals surface area contributed by atoms with Crippen molar-refractivity contribution in [2.24, 2.45) is 0 Å². The molecule has 4 heteroatoms. The number of fused-ring (bicyclic) bond motifs is 1. The highest BCUT2D eigenvalue weighted by molar-refractivity contribution is 6.12. The Morgan fingerprint density at radius 1 is 0.929 bits per heavy atom. The van der Waals surface area contributed by atoms with Gasteiger partial charge in [0.15, 0.2) is 5.78 Å². The zero-order valence-electron chi connectivity index (χ0n) is 15.8. The Morgan fingerprint density at radius 2 is 1.68 bits per heavy atom. The smallest absolute Gasteiger partial charge is 0.195 e. The van der Waals surface area contributed by atoms with Crippen LogP contribution in [-0.2, 0) is 0 Å². The van der Waals surface area contributed by atoms with Crippen LogP contribution >= 0.6 is 0 Å². The third-order valence-electron chi connectivity index (χ3n) is 4.69. The maximum Gasteiger partial charge on any atom is 0.195 e. The highest BCUT2D eigenvalue weighted by Gasteiger charge is 2.15. The van der Waals surface area contributed by atoms with E-state index >= 15 is 0 Å². The Bertz CT molecular complexity index is 1150. The summed E-state index contributed by atoms with van der Waals surface area (Å²) in [6.45, 7) is 2.02. The number of para-hydroxylation sites is 2. The zero-order chi connectivity index (χ0) is 19.5. The molecule has 0 fully saturated rings. The molecule has 4 rings (SSSR count). The summed E-state index contributed by atoms with van der Waals surface area (Å²) in [5.74, 6) is 1.34. The molecule has 1 aromatic heterocycles. The maximum absolute atomic E-state index is 13.0. The Labute approximate surface area is 163 Å². The van der Waals surface area contributed by atoms with E-state index in [1.807, 2.05) is 85.8 Å². The van der Waals surface area contributed by atoms with Crippen LogP contribution in [0.1, 0.15) is 21.5 Å². The quantitative estimate of drug-likeness (QED) is 0.471. The number of rotatable bonds is 5. The van der Waals surface area contributed by atoms with E-state index in [4.69, 9.17) is 9.72 Å². The molecule has 1 heterocycles. The summed E-state index contributed by atoms with van der Waals surface area (Å²) in [5, 5.41) is 4.27. The lowest BCUT2D eigenvalue weighted by atomic mass is 10.0. The second-order valence-corrected chi connectivity index (χ2v) is 6.55. The average Bonchev–Trinajstić information content (AvgIpc) is 2.74. The molecule has 0 aliphatic rings. The minimum Gasteiger partial charge on any atom is -0.496 e. The number of aryl methyl sites for hydroxylation is 1. The zero-order valence-corrected chi connectivity index (χ0v) is 15.8. The standard InChI is InChI=1S/C24H20N2O2/c1-16-9-8-13-19-21(28-2)15-22(26-23(16)19)25-20-14-7-6-12-18(20)24(27)17-10-4-3-5-11-17/h3-15H,1-2H3,(H,25,26). The summed E-state index contributed by atoms with van der Waals surface area (Å²) >= 11 is 0. The number of ketones is 1. The number of carbonyl (C=O) groups is 1. The number of anilines is 2. The second kappa shape index (κ2) is 7.53. The fraction of sp³-hybridized carbons (Fsp3) is 0.0833. The molecule has 0 amide bonds. The van der Waals surface area contributed by atoms with Gasteiger partial charge in [-0.1, -0.05) is 54.6 Å². The molecular formula is C24H20N2O2. The van der Waals surface area contributed by atoms with Crippen molar-refractivity contribution in [3.05, 3.63) is 95.6 Å². The van der Waals surface area contributed by atoms with Crippen molar-refractivity contribution < 1.29 is 9.53 Å². The molecule has 0 saturated carbocycles. The van der Waals surface area contributed by atoms with E-state index in [9.17, 15) is 4.79 Å². The predicted octanol–water partition coefficient (Wildman–Crippen LogP) is 5.53. The van der Waals surface area contributed by atoms with Gasteiger partial charge in [0.05, 0.1) is 18.3 Å². The number of methoxy groups -OCH3 is 1. The largest absolute Gasteiger partial charge is 0.496 e. The molecule has 4 aromatic rings. The molecule has 138 valence electrons. The minimum atomic E-state index is -0.0346. The average molecular weight is 368 g/mol. The molecule has 4 nitrogen and oxygen atoms in total. The SMILES string of the molecule is COc1cc(Nc2ccccc2C(=O)c2ccccc2)nc2c(C)cccc12. The maximum atomic E-state index is 13.0. The second-order valence-electron chi connectivity index (χ2n) is 6.55. The molecule has 0 spiro atoms. The van der Waals surface area contributed by atoms with Gasteiger partial charge in [0.2, 0.25) is 0 Å². The van der Waals surface area contributed by atoms with E-state index < -0.39 is 0 Å². The van der Waals surface area contributed by atoms with E-state index in [-0.39, 0.29) is 5.78 Å². The van der Waals surface area contributed by atoms with E-state index in [1.54, 1.807) is 7.11 Å². The predicted molar refractivity (Wildman–Crippen MR) is 113 cm³/mol. The highest BCUT2D eigenvalue weighted by Crippen LogP contribution is 2.31. The number of hydrogen-bond donors (Lipinski definition) is 1. The summed E-state index contributed by atoms with van der Waals surface area (Å²) in [6, 6.07) is 24.6. The Morgan fingerprint density at radius 3 is 2.46 bits per heavy atom. The van der Waals surface area contributed by atoms with Gasteiger partial charge in [-0.05, 0) is 30.7 Å². The van der Waals surface area contributed by atoms with Crippen LogP contribution in [0.4, 0.5) is 11.5 Å². The van der Waals surface area contributed by atoms with Crippen molar-refractivity contribution >= 4 is 28.2 Å². The number of benzene rings is 3. The van der Waals surface area contributed by atoms with Gasteiger partial charge in [-0.2, -0.15) is 0 Å². The molecule has 0 unspecified atom stereocenters. The molecular weight excluding hydrogens is 348 g/mol. The normalized spacial score (nSPS) is 10.6. The van der Waals surface area contributed by atoms with E-state index in [0.29, 0.717) is 22.6 Å². The first-order valence-corrected chi connectivity index (χ1v) is 9.07. The lowest BCUT2D eigenvalue weighted by molar-refractivity contribution is 0.103. The first-order valence-electron chi connectivity index (χ1n) is 9.07. The van der Waals surface area contributed by atoms with Gasteiger partial charge < -0.3 is 10.1 Å². The third kappa shape index (κ3) is 3.32. The van der Waals surface area contributed by atoms with Gasteiger partial charge in [0.25, 0.3) is 0 Å². The van der Waals surface area contributed by atoms with Crippen molar-refractivity contribution in [3.63, 3.8) is 0 Å². The summed E-state index contributed by atoms with van der Waals surface area (Å²) in [5.41, 5.74) is 3.89. The first kappa shape index (κ1) is 17.7. The van der Waals surface area contributed by atoms with Crippen LogP contribution in [0.15, 0.2) is 78.9 Å². The molecule has 0 aliphatic heterocycles. The Balaban J connectivity index is 1.77. The van der Waals surface area contributed by atoms with Gasteiger partial charge in [0, 0.05) is 22.6 Å². The number of ether oxygens (including phenoxy) is 1. The third-order valence-corrected chi connectivity index (χ3v) is 4.69. The summed E-state index contributed by atoms with van der Waals surface area (Å²) in [7, 11) is 1.65. The molecule has 0 saturated heterocycles. The topological polar surface area (TPSA) is 51.2 Å². The number of nitrogens with zero attached hydrogens (tertiary/aromatic N) is 1. The van der Waals surface area contributed by atoms with Crippen LogP contribution in [0.3, 0.4) is 0 Å². The molecule has 0 atom stereocenters. The molecule has 0 aliphatic carbocycles. The Kier molecular flexibility index (Phi) is 4.77. The van der Waals surface area contributed by atoms with Gasteiger partial charge in [-0.25, -0.2) is 4.98 Å². The van der Waals surface area contributed by atoms with E-state index in [1.165, 1.54) is 0 Å². The highest BCUT2D eigenvalue weighted by atomic mass is 16.5. The Hall–Kier alpha value is -3.66. The van der Waals surface area contributed by atoms with Crippen molar-refractivity contribution in [2.45, 2.75) is 6.92 Å². The van der Waals surface area contributed by atoms with Crippen LogP contribution in [0.2, 0.25) is 0 Å². The van der Waals surface area contributed by atoms with Crippen LogP contribution < -0.4 is 10.1 Å². The summed E-state index contributed by atoms with van der Waals surface area (Å²) < 4.78 is 5.56. The van der Waals surface area contributed by atoms with Crippen molar-refractivity contribution in [1.82, 2.24) is 4.98 Å². The fourth-order valence-electron chi connectivity index (χ4n) is 3.27. The number of pyridine rings is 1. The number of aromatic nitrogens is 1. The van der Waals surface area contributed by atoms with Gasteiger partial charge in [-0.15, -0.1) is 0 Å². The van der Waals surface area contributed by atoms with Crippen LogP contribution in [0.5, 0.6) is 5.75 Å².